The summed E-state index contributed by atoms with van der Waals surface area (Å²) in [5.41, 5.74) is 2.51. The minimum atomic E-state index is 0.427. The summed E-state index contributed by atoms with van der Waals surface area (Å²) in [5, 5.41) is 3.42. The van der Waals surface area contributed by atoms with Gasteiger partial charge >= 0.3 is 0 Å². The van der Waals surface area contributed by atoms with E-state index in [1.165, 1.54) is 11.4 Å². The summed E-state index contributed by atoms with van der Waals surface area (Å²) in [6.07, 6.45) is 4.18. The van der Waals surface area contributed by atoms with Crippen molar-refractivity contribution in [1.82, 2.24) is 14.9 Å². The van der Waals surface area contributed by atoms with Crippen LogP contribution in [0.15, 0.2) is 6.33 Å². The molecule has 0 amide bonds. The lowest BCUT2D eigenvalue weighted by molar-refractivity contribution is 0.0163. The number of nitrogens with one attached hydrogen (secondary N) is 1. The largest absolute Gasteiger partial charge is 0.381 e. The van der Waals surface area contributed by atoms with Gasteiger partial charge in [-0.05, 0) is 18.8 Å². The molecule has 3 rings (SSSR count). The molecule has 0 spiro atoms. The van der Waals surface area contributed by atoms with Crippen LogP contribution in [0.1, 0.15) is 30.1 Å². The Morgan fingerprint density at radius 3 is 3.11 bits per heavy atom. The van der Waals surface area contributed by atoms with E-state index in [2.05, 4.69) is 21.9 Å². The third kappa shape index (κ3) is 2.99. The van der Waals surface area contributed by atoms with E-state index in [-0.39, 0.29) is 0 Å². The third-order valence-corrected chi connectivity index (χ3v) is 4.15. The lowest BCUT2D eigenvalue weighted by Gasteiger charge is -2.26. The summed E-state index contributed by atoms with van der Waals surface area (Å²) in [5.74, 6) is 1.10. The molecule has 5 nitrogen and oxygen atoms in total. The summed E-state index contributed by atoms with van der Waals surface area (Å²) in [4.78, 5) is 4.43. The summed E-state index contributed by atoms with van der Waals surface area (Å²) in [6.45, 7) is 5.31. The summed E-state index contributed by atoms with van der Waals surface area (Å²) >= 11 is 0. The van der Waals surface area contributed by atoms with Gasteiger partial charge in [0.1, 0.15) is 0 Å². The molecule has 0 saturated carbocycles. The van der Waals surface area contributed by atoms with Crippen molar-refractivity contribution >= 4 is 0 Å². The number of imidazole rings is 1. The number of fused-ring (bicyclic) bond motifs is 1. The number of rotatable bonds is 4. The van der Waals surface area contributed by atoms with E-state index in [9.17, 15) is 0 Å². The van der Waals surface area contributed by atoms with Gasteiger partial charge in [0.05, 0.1) is 18.6 Å². The highest BCUT2D eigenvalue weighted by molar-refractivity contribution is 5.21. The fourth-order valence-corrected chi connectivity index (χ4v) is 3.04. The topological polar surface area (TPSA) is 48.3 Å². The number of ether oxygens (including phenoxy) is 2. The van der Waals surface area contributed by atoms with Gasteiger partial charge in [-0.25, -0.2) is 4.98 Å². The van der Waals surface area contributed by atoms with Crippen LogP contribution < -0.4 is 5.32 Å². The van der Waals surface area contributed by atoms with Crippen LogP contribution in [-0.2, 0) is 23.1 Å². The standard InChI is InChI=1S/C14H23N3O2/c1-17-10-16-13-7-15-6-12(14(13)17)9-19-8-11-2-4-18-5-3-11/h10-12,15H,2-9H2,1H3. The van der Waals surface area contributed by atoms with Crippen molar-refractivity contribution in [2.45, 2.75) is 25.3 Å². The number of aromatic nitrogens is 2. The van der Waals surface area contributed by atoms with E-state index in [1.54, 1.807) is 0 Å². The molecule has 106 valence electrons. The van der Waals surface area contributed by atoms with Crippen LogP contribution in [0.5, 0.6) is 0 Å². The Labute approximate surface area is 114 Å². The molecule has 1 aromatic rings. The summed E-state index contributed by atoms with van der Waals surface area (Å²) in [6, 6.07) is 0. The molecule has 2 aliphatic heterocycles. The molecule has 19 heavy (non-hydrogen) atoms. The first kappa shape index (κ1) is 13.1. The molecule has 3 heterocycles. The van der Waals surface area contributed by atoms with E-state index >= 15 is 0 Å². The number of nitrogens with zero attached hydrogens (tertiary/aromatic N) is 2. The smallest absolute Gasteiger partial charge is 0.0949 e. The highest BCUT2D eigenvalue weighted by Gasteiger charge is 2.24. The second-order valence-electron chi connectivity index (χ2n) is 5.61. The lowest BCUT2D eigenvalue weighted by atomic mass is 10.00. The fourth-order valence-electron chi connectivity index (χ4n) is 3.04. The van der Waals surface area contributed by atoms with Crippen LogP contribution in [0, 0.1) is 5.92 Å². The van der Waals surface area contributed by atoms with Gasteiger partial charge in [0.25, 0.3) is 0 Å². The molecular formula is C14H23N3O2. The SMILES string of the molecule is Cn1cnc2c1C(COCC1CCOCC1)CNC2. The van der Waals surface area contributed by atoms with Crippen molar-refractivity contribution in [1.29, 1.82) is 0 Å². The Hall–Kier alpha value is -0.910. The van der Waals surface area contributed by atoms with Gasteiger partial charge in [0.2, 0.25) is 0 Å². The highest BCUT2D eigenvalue weighted by Crippen LogP contribution is 2.23. The molecule has 1 saturated heterocycles. The first-order chi connectivity index (χ1) is 9.34. The maximum absolute atomic E-state index is 5.96. The van der Waals surface area contributed by atoms with Gasteiger partial charge in [0, 0.05) is 51.6 Å². The zero-order valence-corrected chi connectivity index (χ0v) is 11.6. The predicted octanol–water partition coefficient (Wildman–Crippen LogP) is 1.05. The van der Waals surface area contributed by atoms with Gasteiger partial charge in [-0.1, -0.05) is 0 Å². The van der Waals surface area contributed by atoms with E-state index in [1.807, 2.05) is 6.33 Å². The molecule has 0 aromatic carbocycles. The van der Waals surface area contributed by atoms with Crippen LogP contribution >= 0.6 is 0 Å². The quantitative estimate of drug-likeness (QED) is 0.884. The normalized spacial score (nSPS) is 24.4. The van der Waals surface area contributed by atoms with Crippen molar-refractivity contribution in [2.24, 2.45) is 13.0 Å². The van der Waals surface area contributed by atoms with Gasteiger partial charge < -0.3 is 19.4 Å². The first-order valence-electron chi connectivity index (χ1n) is 7.21. The van der Waals surface area contributed by atoms with Gasteiger partial charge in [-0.3, -0.25) is 0 Å². The maximum atomic E-state index is 5.96. The molecule has 0 bridgehead atoms. The fraction of sp³-hybridized carbons (Fsp3) is 0.786. The van der Waals surface area contributed by atoms with E-state index in [4.69, 9.17) is 9.47 Å². The lowest BCUT2D eigenvalue weighted by Crippen LogP contribution is -2.32. The molecule has 0 aliphatic carbocycles. The minimum absolute atomic E-state index is 0.427. The van der Waals surface area contributed by atoms with Crippen molar-refractivity contribution in [3.8, 4) is 0 Å². The van der Waals surface area contributed by atoms with Crippen LogP contribution in [0.3, 0.4) is 0 Å². The van der Waals surface area contributed by atoms with E-state index in [0.717, 1.165) is 52.4 Å². The minimum Gasteiger partial charge on any atom is -0.381 e. The Bertz CT molecular complexity index is 413. The second kappa shape index (κ2) is 6.03. The summed E-state index contributed by atoms with van der Waals surface area (Å²) in [7, 11) is 2.07. The van der Waals surface area contributed by atoms with E-state index < -0.39 is 0 Å². The van der Waals surface area contributed by atoms with E-state index in [0.29, 0.717) is 11.8 Å². The van der Waals surface area contributed by atoms with Gasteiger partial charge in [0.15, 0.2) is 0 Å². The molecule has 2 aliphatic rings. The van der Waals surface area contributed by atoms with Crippen molar-refractivity contribution in [2.75, 3.05) is 33.0 Å². The van der Waals surface area contributed by atoms with Crippen molar-refractivity contribution in [3.63, 3.8) is 0 Å². The number of hydrogen-bond acceptors (Lipinski definition) is 4. The number of aryl methyl sites for hydroxylation is 1. The molecule has 1 fully saturated rings. The number of hydrogen-bond donors (Lipinski definition) is 1. The monoisotopic (exact) mass is 265 g/mol. The summed E-state index contributed by atoms with van der Waals surface area (Å²) < 4.78 is 13.5. The van der Waals surface area contributed by atoms with Crippen LogP contribution in [0.25, 0.3) is 0 Å². The Morgan fingerprint density at radius 1 is 1.42 bits per heavy atom. The zero-order valence-electron chi connectivity index (χ0n) is 11.6. The maximum Gasteiger partial charge on any atom is 0.0949 e. The van der Waals surface area contributed by atoms with Crippen LogP contribution in [-0.4, -0.2) is 42.5 Å². The van der Waals surface area contributed by atoms with Gasteiger partial charge in [-0.2, -0.15) is 0 Å². The zero-order chi connectivity index (χ0) is 13.1. The average Bonchev–Trinajstić information content (AvgIpc) is 2.83. The predicted molar refractivity (Wildman–Crippen MR) is 72.0 cm³/mol. The first-order valence-corrected chi connectivity index (χ1v) is 7.21. The molecule has 5 heteroatoms. The molecule has 1 atom stereocenters. The van der Waals surface area contributed by atoms with Crippen LogP contribution in [0.4, 0.5) is 0 Å². The molecule has 1 N–H and O–H groups in total. The second-order valence-corrected chi connectivity index (χ2v) is 5.61. The Kier molecular flexibility index (Phi) is 4.15. The molecule has 0 radical (unpaired) electrons. The van der Waals surface area contributed by atoms with Crippen molar-refractivity contribution < 1.29 is 9.47 Å². The highest BCUT2D eigenvalue weighted by atomic mass is 16.5. The third-order valence-electron chi connectivity index (χ3n) is 4.15. The average molecular weight is 265 g/mol. The van der Waals surface area contributed by atoms with Crippen molar-refractivity contribution in [3.05, 3.63) is 17.7 Å². The van der Waals surface area contributed by atoms with Crippen LogP contribution in [0.2, 0.25) is 0 Å². The molecule has 1 unspecified atom stereocenters. The molecular weight excluding hydrogens is 242 g/mol. The Morgan fingerprint density at radius 2 is 2.26 bits per heavy atom. The van der Waals surface area contributed by atoms with Gasteiger partial charge in [-0.15, -0.1) is 0 Å². The Balaban J connectivity index is 1.51. The molecule has 1 aromatic heterocycles.